The second kappa shape index (κ2) is 5.50. The number of halogens is 2. The summed E-state index contributed by atoms with van der Waals surface area (Å²) in [7, 11) is 0. The lowest BCUT2D eigenvalue weighted by Crippen LogP contribution is -2.62. The molecule has 112 valence electrons. The zero-order valence-corrected chi connectivity index (χ0v) is 13.1. The predicted octanol–water partition coefficient (Wildman–Crippen LogP) is 2.62. The van der Waals surface area contributed by atoms with Gasteiger partial charge in [-0.2, -0.15) is 0 Å². The van der Waals surface area contributed by atoms with Crippen molar-refractivity contribution in [3.8, 4) is 0 Å². The maximum atomic E-state index is 12.6. The van der Waals surface area contributed by atoms with E-state index in [4.69, 9.17) is 23.2 Å². The second-order valence-corrected chi connectivity index (χ2v) is 6.46. The van der Waals surface area contributed by atoms with Crippen molar-refractivity contribution in [2.45, 2.75) is 38.4 Å². The Hall–Kier alpha value is -1.26. The van der Waals surface area contributed by atoms with Gasteiger partial charge in [-0.3, -0.25) is 9.59 Å². The van der Waals surface area contributed by atoms with Crippen LogP contribution < -0.4 is 5.32 Å². The van der Waals surface area contributed by atoms with Gasteiger partial charge in [0.2, 0.25) is 11.8 Å². The summed E-state index contributed by atoms with van der Waals surface area (Å²) in [5.41, 5.74) is 0.758. The number of piperazine rings is 1. The van der Waals surface area contributed by atoms with E-state index < -0.39 is 6.04 Å². The van der Waals surface area contributed by atoms with Crippen LogP contribution in [0.4, 0.5) is 0 Å². The van der Waals surface area contributed by atoms with Gasteiger partial charge >= 0.3 is 0 Å². The summed E-state index contributed by atoms with van der Waals surface area (Å²) < 4.78 is 0. The lowest BCUT2D eigenvalue weighted by atomic mass is 10.0. The van der Waals surface area contributed by atoms with Crippen LogP contribution in [0.5, 0.6) is 0 Å². The first-order valence-electron chi connectivity index (χ1n) is 7.03. The second-order valence-electron chi connectivity index (χ2n) is 5.68. The molecule has 4 nitrogen and oxygen atoms in total. The van der Waals surface area contributed by atoms with Gasteiger partial charge in [0.15, 0.2) is 0 Å². The predicted molar refractivity (Wildman–Crippen MR) is 81.1 cm³/mol. The van der Waals surface area contributed by atoms with Gasteiger partial charge in [-0.15, -0.1) is 0 Å². The largest absolute Gasteiger partial charge is 0.342 e. The number of benzene rings is 1. The highest BCUT2D eigenvalue weighted by Gasteiger charge is 2.45. The third-order valence-corrected chi connectivity index (χ3v) is 5.02. The van der Waals surface area contributed by atoms with Crippen molar-refractivity contribution in [1.82, 2.24) is 10.2 Å². The van der Waals surface area contributed by atoms with Gasteiger partial charge in [-0.25, -0.2) is 0 Å². The molecule has 2 fully saturated rings. The number of carbonyl (C=O) groups excluding carboxylic acids is 2. The first-order chi connectivity index (χ1) is 9.99. The lowest BCUT2D eigenvalue weighted by Gasteiger charge is -2.37. The zero-order valence-electron chi connectivity index (χ0n) is 11.6. The molecule has 2 amide bonds. The Morgan fingerprint density at radius 1 is 1.29 bits per heavy atom. The first kappa shape index (κ1) is 14.7. The molecule has 1 saturated heterocycles. The number of carbonyl (C=O) groups is 2. The molecule has 1 aromatic carbocycles. The van der Waals surface area contributed by atoms with Crippen molar-refractivity contribution in [2.75, 3.05) is 0 Å². The molecule has 1 aromatic rings. The lowest BCUT2D eigenvalue weighted by molar-refractivity contribution is -0.149. The molecule has 1 saturated carbocycles. The van der Waals surface area contributed by atoms with E-state index in [1.807, 2.05) is 6.07 Å². The molecule has 1 N–H and O–H groups in total. The van der Waals surface area contributed by atoms with Crippen LogP contribution in [0, 0.1) is 5.92 Å². The van der Waals surface area contributed by atoms with E-state index >= 15 is 0 Å². The Labute approximate surface area is 133 Å². The summed E-state index contributed by atoms with van der Waals surface area (Å²) in [5, 5.41) is 3.72. The molecule has 1 aliphatic heterocycles. The molecular weight excluding hydrogens is 311 g/mol. The molecular formula is C15H16Cl2N2O2. The van der Waals surface area contributed by atoms with Crippen molar-refractivity contribution in [3.63, 3.8) is 0 Å². The van der Waals surface area contributed by atoms with Crippen molar-refractivity contribution in [1.29, 1.82) is 0 Å². The Morgan fingerprint density at radius 3 is 2.67 bits per heavy atom. The van der Waals surface area contributed by atoms with Crippen LogP contribution in [0.2, 0.25) is 10.0 Å². The van der Waals surface area contributed by atoms with Crippen LogP contribution in [0.1, 0.15) is 25.3 Å². The van der Waals surface area contributed by atoms with Crippen LogP contribution in [-0.2, 0) is 16.1 Å². The van der Waals surface area contributed by atoms with Crippen LogP contribution in [0.3, 0.4) is 0 Å². The van der Waals surface area contributed by atoms with E-state index in [2.05, 4.69) is 5.32 Å². The third-order valence-electron chi connectivity index (χ3n) is 4.16. The van der Waals surface area contributed by atoms with Gasteiger partial charge in [-0.1, -0.05) is 35.3 Å². The standard InChI is InChI=1S/C15H16Cl2N2O2/c1-8-14(20)18-13(9-5-6-9)15(21)19(8)7-10-3-2-4-11(16)12(10)17/h2-4,8-9,13H,5-7H2,1H3,(H,18,20). The van der Waals surface area contributed by atoms with E-state index in [0.29, 0.717) is 16.6 Å². The smallest absolute Gasteiger partial charge is 0.246 e. The summed E-state index contributed by atoms with van der Waals surface area (Å²) in [6.07, 6.45) is 1.99. The fourth-order valence-electron chi connectivity index (χ4n) is 2.66. The molecule has 0 spiro atoms. The van der Waals surface area contributed by atoms with Crippen molar-refractivity contribution >= 4 is 35.0 Å². The minimum absolute atomic E-state index is 0.0272. The minimum Gasteiger partial charge on any atom is -0.342 e. The summed E-state index contributed by atoms with van der Waals surface area (Å²) in [5.74, 6) is 0.150. The molecule has 3 rings (SSSR count). The Balaban J connectivity index is 1.86. The summed E-state index contributed by atoms with van der Waals surface area (Å²) in [6, 6.07) is 4.44. The highest BCUT2D eigenvalue weighted by Crippen LogP contribution is 2.36. The van der Waals surface area contributed by atoms with Gasteiger partial charge in [0, 0.05) is 6.54 Å². The molecule has 2 aliphatic rings. The number of hydrogen-bond acceptors (Lipinski definition) is 2. The van der Waals surface area contributed by atoms with E-state index in [-0.39, 0.29) is 23.8 Å². The molecule has 0 radical (unpaired) electrons. The van der Waals surface area contributed by atoms with E-state index in [9.17, 15) is 9.59 Å². The van der Waals surface area contributed by atoms with Crippen molar-refractivity contribution in [3.05, 3.63) is 33.8 Å². The Kier molecular flexibility index (Phi) is 3.84. The summed E-state index contributed by atoms with van der Waals surface area (Å²) >= 11 is 12.2. The molecule has 6 heteroatoms. The van der Waals surface area contributed by atoms with Crippen LogP contribution >= 0.6 is 23.2 Å². The summed E-state index contributed by atoms with van der Waals surface area (Å²) in [6.45, 7) is 2.03. The van der Waals surface area contributed by atoms with E-state index in [0.717, 1.165) is 18.4 Å². The van der Waals surface area contributed by atoms with Gasteiger partial charge in [-0.05, 0) is 37.3 Å². The van der Waals surface area contributed by atoms with Crippen LogP contribution in [0.25, 0.3) is 0 Å². The normalized spacial score (nSPS) is 26.0. The number of rotatable bonds is 3. The Bertz CT molecular complexity index is 601. The molecule has 0 aromatic heterocycles. The summed E-state index contributed by atoms with van der Waals surface area (Å²) in [4.78, 5) is 26.3. The average Bonchev–Trinajstić information content (AvgIpc) is 3.28. The number of amides is 2. The van der Waals surface area contributed by atoms with Gasteiger partial charge in [0.1, 0.15) is 12.1 Å². The van der Waals surface area contributed by atoms with E-state index in [1.165, 1.54) is 0 Å². The fraction of sp³-hybridized carbons (Fsp3) is 0.467. The maximum Gasteiger partial charge on any atom is 0.246 e. The molecule has 21 heavy (non-hydrogen) atoms. The average molecular weight is 327 g/mol. The van der Waals surface area contributed by atoms with Gasteiger partial charge in [0.25, 0.3) is 0 Å². The van der Waals surface area contributed by atoms with Crippen LogP contribution in [0.15, 0.2) is 18.2 Å². The minimum atomic E-state index is -0.498. The topological polar surface area (TPSA) is 49.4 Å². The number of nitrogens with zero attached hydrogens (tertiary/aromatic N) is 1. The van der Waals surface area contributed by atoms with E-state index in [1.54, 1.807) is 24.0 Å². The SMILES string of the molecule is CC1C(=O)NC(C2CC2)C(=O)N1Cc1cccc(Cl)c1Cl. The molecule has 2 unspecified atom stereocenters. The molecule has 1 heterocycles. The van der Waals surface area contributed by atoms with Gasteiger partial charge < -0.3 is 10.2 Å². The molecule has 2 atom stereocenters. The number of hydrogen-bond donors (Lipinski definition) is 1. The maximum absolute atomic E-state index is 12.6. The molecule has 0 bridgehead atoms. The van der Waals surface area contributed by atoms with Crippen LogP contribution in [-0.4, -0.2) is 28.8 Å². The zero-order chi connectivity index (χ0) is 15.1. The van der Waals surface area contributed by atoms with Crippen molar-refractivity contribution < 1.29 is 9.59 Å². The fourth-order valence-corrected chi connectivity index (χ4v) is 3.04. The van der Waals surface area contributed by atoms with Crippen molar-refractivity contribution in [2.24, 2.45) is 5.92 Å². The molecule has 1 aliphatic carbocycles. The highest BCUT2D eigenvalue weighted by atomic mass is 35.5. The quantitative estimate of drug-likeness (QED) is 0.928. The number of nitrogens with one attached hydrogen (secondary N) is 1. The highest BCUT2D eigenvalue weighted by molar-refractivity contribution is 6.42. The first-order valence-corrected chi connectivity index (χ1v) is 7.78. The third kappa shape index (κ3) is 2.74. The monoisotopic (exact) mass is 326 g/mol. The Morgan fingerprint density at radius 2 is 2.00 bits per heavy atom. The van der Waals surface area contributed by atoms with Gasteiger partial charge in [0.05, 0.1) is 10.0 Å².